The van der Waals surface area contributed by atoms with Crippen LogP contribution in [0.2, 0.25) is 0 Å². The maximum Gasteiger partial charge on any atom is 0.387 e. The minimum absolute atomic E-state index is 0.0372. The lowest BCUT2D eigenvalue weighted by atomic mass is 9.95. The van der Waals surface area contributed by atoms with Gasteiger partial charge in [-0.2, -0.15) is 8.78 Å². The number of nitrogens with one attached hydrogen (secondary N) is 1. The zero-order chi connectivity index (χ0) is 22.1. The number of aryl methyl sites for hydroxylation is 1. The monoisotopic (exact) mass is 421 g/mol. The largest absolute Gasteiger partial charge is 0.493 e. The van der Waals surface area contributed by atoms with E-state index in [1.165, 1.54) is 24.3 Å². The number of rotatable bonds is 11. The number of nitrogens with two attached hydrogens (primary N) is 1. The first-order valence-electron chi connectivity index (χ1n) is 10.1. The van der Waals surface area contributed by atoms with Gasteiger partial charge in [-0.25, -0.2) is 0 Å². The predicted molar refractivity (Wildman–Crippen MR) is 112 cm³/mol. The normalized spacial score (nSPS) is 12.1. The van der Waals surface area contributed by atoms with Gasteiger partial charge in [-0.1, -0.05) is 51.1 Å². The molecule has 0 spiro atoms. The Morgan fingerprint density at radius 3 is 2.30 bits per heavy atom. The van der Waals surface area contributed by atoms with Crippen LogP contribution in [0, 0.1) is 5.92 Å². The van der Waals surface area contributed by atoms with Crippen molar-refractivity contribution in [3.05, 3.63) is 59.2 Å². The van der Waals surface area contributed by atoms with E-state index in [1.807, 2.05) is 5.32 Å². The fraction of sp³-hybridized carbons (Fsp3) is 0.435. The molecule has 1 amide bonds. The van der Waals surface area contributed by atoms with Crippen LogP contribution in [-0.2, 0) is 17.8 Å². The van der Waals surface area contributed by atoms with Crippen LogP contribution < -0.4 is 20.1 Å². The number of hydrogen-bond donors (Lipinski definition) is 2. The lowest BCUT2D eigenvalue weighted by Gasteiger charge is -2.20. The lowest BCUT2D eigenvalue weighted by Crippen LogP contribution is -2.88. The zero-order valence-electron chi connectivity index (χ0n) is 18.0. The highest BCUT2D eigenvalue weighted by atomic mass is 19.3. The molecule has 0 unspecified atom stereocenters. The average Bonchev–Trinajstić information content (AvgIpc) is 2.73. The van der Waals surface area contributed by atoms with Crippen LogP contribution in [0.4, 0.5) is 8.78 Å². The van der Waals surface area contributed by atoms with Gasteiger partial charge in [-0.05, 0) is 29.7 Å². The molecule has 5 nitrogen and oxygen atoms in total. The van der Waals surface area contributed by atoms with E-state index in [0.29, 0.717) is 12.5 Å². The Bertz CT molecular complexity index is 811. The van der Waals surface area contributed by atoms with Crippen molar-refractivity contribution in [2.45, 2.75) is 46.4 Å². The van der Waals surface area contributed by atoms with E-state index in [2.05, 4.69) is 55.1 Å². The number of amides is 1. The SMILES string of the molecule is CCc1ccc([C@H]([NH2+]CC(=O)NCc2ccc(OC(F)F)c(OC)c2)C(C)C)cc1. The number of ether oxygens (including phenoxy) is 2. The molecule has 0 aliphatic heterocycles. The first kappa shape index (κ1) is 23.6. The van der Waals surface area contributed by atoms with Gasteiger partial charge >= 0.3 is 6.61 Å². The number of methoxy groups -OCH3 is 1. The molecule has 0 fully saturated rings. The Labute approximate surface area is 176 Å². The molecule has 0 saturated carbocycles. The summed E-state index contributed by atoms with van der Waals surface area (Å²) in [7, 11) is 1.38. The molecule has 2 aromatic carbocycles. The molecule has 0 heterocycles. The summed E-state index contributed by atoms with van der Waals surface area (Å²) in [6.07, 6.45) is 0.999. The van der Waals surface area contributed by atoms with E-state index in [-0.39, 0.29) is 30.0 Å². The Morgan fingerprint density at radius 1 is 1.07 bits per heavy atom. The summed E-state index contributed by atoms with van der Waals surface area (Å²) in [5.41, 5.74) is 3.23. The highest BCUT2D eigenvalue weighted by Gasteiger charge is 2.20. The molecule has 0 aliphatic carbocycles. The van der Waals surface area contributed by atoms with E-state index in [4.69, 9.17) is 4.74 Å². The highest BCUT2D eigenvalue weighted by molar-refractivity contribution is 5.76. The molecule has 1 atom stereocenters. The Kier molecular flexibility index (Phi) is 9.05. The molecule has 30 heavy (non-hydrogen) atoms. The quantitative estimate of drug-likeness (QED) is 0.584. The lowest BCUT2D eigenvalue weighted by molar-refractivity contribution is -0.692. The number of hydrogen-bond acceptors (Lipinski definition) is 3. The summed E-state index contributed by atoms with van der Waals surface area (Å²) in [5, 5.41) is 4.90. The third kappa shape index (κ3) is 6.99. The molecule has 0 aliphatic rings. The summed E-state index contributed by atoms with van der Waals surface area (Å²) >= 11 is 0. The zero-order valence-corrected chi connectivity index (χ0v) is 18.0. The minimum Gasteiger partial charge on any atom is -0.493 e. The van der Waals surface area contributed by atoms with Crippen LogP contribution in [0.1, 0.15) is 43.5 Å². The van der Waals surface area contributed by atoms with Crippen LogP contribution in [0.15, 0.2) is 42.5 Å². The van der Waals surface area contributed by atoms with Crippen LogP contribution in [0.25, 0.3) is 0 Å². The average molecular weight is 422 g/mol. The second kappa shape index (κ2) is 11.5. The second-order valence-electron chi connectivity index (χ2n) is 7.45. The van der Waals surface area contributed by atoms with E-state index >= 15 is 0 Å². The number of quaternary nitrogens is 1. The van der Waals surface area contributed by atoms with Gasteiger partial charge in [-0.3, -0.25) is 4.79 Å². The van der Waals surface area contributed by atoms with Crippen molar-refractivity contribution >= 4 is 5.91 Å². The molecule has 0 bridgehead atoms. The Balaban J connectivity index is 1.91. The van der Waals surface area contributed by atoms with E-state index < -0.39 is 6.61 Å². The van der Waals surface area contributed by atoms with Gasteiger partial charge in [0.1, 0.15) is 6.04 Å². The molecule has 0 saturated heterocycles. The van der Waals surface area contributed by atoms with Gasteiger partial charge in [0.15, 0.2) is 18.0 Å². The Hall–Kier alpha value is -2.67. The van der Waals surface area contributed by atoms with Crippen molar-refractivity contribution in [1.29, 1.82) is 0 Å². The van der Waals surface area contributed by atoms with E-state index in [9.17, 15) is 13.6 Å². The predicted octanol–water partition coefficient (Wildman–Crippen LogP) is 3.44. The van der Waals surface area contributed by atoms with Gasteiger partial charge in [0.05, 0.1) is 7.11 Å². The van der Waals surface area contributed by atoms with Crippen molar-refractivity contribution in [2.24, 2.45) is 5.92 Å². The standard InChI is InChI=1S/C23H30F2N2O3/c1-5-16-6-9-18(10-7-16)22(15(2)3)27-14-21(28)26-13-17-8-11-19(30-23(24)25)20(12-17)29-4/h6-12,15,22-23,27H,5,13-14H2,1-4H3,(H,26,28)/p+1/t22-/m1/s1. The molecular weight excluding hydrogens is 390 g/mol. The van der Waals surface area contributed by atoms with Crippen molar-refractivity contribution in [3.63, 3.8) is 0 Å². The molecule has 2 rings (SSSR count). The molecule has 7 heteroatoms. The second-order valence-corrected chi connectivity index (χ2v) is 7.45. The van der Waals surface area contributed by atoms with E-state index in [1.54, 1.807) is 12.1 Å². The minimum atomic E-state index is -2.92. The molecule has 164 valence electrons. The molecule has 3 N–H and O–H groups in total. The molecule has 0 aromatic heterocycles. The summed E-state index contributed by atoms with van der Waals surface area (Å²) in [5.74, 6) is 0.434. The van der Waals surface area contributed by atoms with Crippen molar-refractivity contribution in [1.82, 2.24) is 5.32 Å². The maximum atomic E-state index is 12.4. The number of halogens is 2. The number of benzene rings is 2. The van der Waals surface area contributed by atoms with Crippen LogP contribution in [0.5, 0.6) is 11.5 Å². The van der Waals surface area contributed by atoms with Gasteiger partial charge in [0, 0.05) is 18.0 Å². The first-order valence-corrected chi connectivity index (χ1v) is 10.1. The topological polar surface area (TPSA) is 64.2 Å². The van der Waals surface area contributed by atoms with Gasteiger partial charge in [0.2, 0.25) is 0 Å². The first-order chi connectivity index (χ1) is 14.3. The summed E-state index contributed by atoms with van der Waals surface area (Å²) < 4.78 is 34.3. The molecule has 0 radical (unpaired) electrons. The maximum absolute atomic E-state index is 12.4. The summed E-state index contributed by atoms with van der Waals surface area (Å²) in [6.45, 7) is 4.05. The number of carbonyl (C=O) groups excluding carboxylic acids is 1. The third-order valence-corrected chi connectivity index (χ3v) is 4.98. The highest BCUT2D eigenvalue weighted by Crippen LogP contribution is 2.29. The van der Waals surface area contributed by atoms with Crippen molar-refractivity contribution in [3.8, 4) is 11.5 Å². The fourth-order valence-electron chi connectivity index (χ4n) is 3.29. The number of carbonyl (C=O) groups is 1. The molecule has 2 aromatic rings. The van der Waals surface area contributed by atoms with Gasteiger partial charge in [-0.15, -0.1) is 0 Å². The van der Waals surface area contributed by atoms with Gasteiger partial charge < -0.3 is 20.1 Å². The van der Waals surface area contributed by atoms with Crippen molar-refractivity contribution in [2.75, 3.05) is 13.7 Å². The fourth-order valence-corrected chi connectivity index (χ4v) is 3.29. The van der Waals surface area contributed by atoms with Crippen molar-refractivity contribution < 1.29 is 28.4 Å². The van der Waals surface area contributed by atoms with Crippen LogP contribution in [-0.4, -0.2) is 26.2 Å². The van der Waals surface area contributed by atoms with E-state index in [0.717, 1.165) is 12.0 Å². The van der Waals surface area contributed by atoms with Gasteiger partial charge in [0.25, 0.3) is 5.91 Å². The smallest absolute Gasteiger partial charge is 0.387 e. The summed E-state index contributed by atoms with van der Waals surface area (Å²) in [6, 6.07) is 13.3. The molecular formula is C23H31F2N2O3+. The third-order valence-electron chi connectivity index (χ3n) is 4.98. The summed E-state index contributed by atoms with van der Waals surface area (Å²) in [4.78, 5) is 12.3. The number of alkyl halides is 2. The Morgan fingerprint density at radius 2 is 1.73 bits per heavy atom. The van der Waals surface area contributed by atoms with Crippen LogP contribution in [0.3, 0.4) is 0 Å². The van der Waals surface area contributed by atoms with Crippen LogP contribution >= 0.6 is 0 Å².